The maximum Gasteiger partial charge on any atom is 0.235 e. The largest absolute Gasteiger partial charge is 0.368 e. The number of aromatic nitrogens is 1. The lowest BCUT2D eigenvalue weighted by Gasteiger charge is -2.37. The quantitative estimate of drug-likeness (QED) is 0.634. The van der Waals surface area contributed by atoms with Gasteiger partial charge < -0.3 is 14.3 Å². The summed E-state index contributed by atoms with van der Waals surface area (Å²) in [7, 11) is 0. The monoisotopic (exact) mass is 413 g/mol. The number of piperazine rings is 1. The number of halogens is 1. The van der Waals surface area contributed by atoms with Gasteiger partial charge in [-0.2, -0.15) is 0 Å². The first-order chi connectivity index (χ1) is 13.7. The Hall–Kier alpha value is -2.31. The first-order valence-corrected chi connectivity index (χ1v) is 10.7. The number of rotatable bonds is 4. The normalized spacial score (nSPS) is 18.3. The van der Waals surface area contributed by atoms with Gasteiger partial charge in [0.25, 0.3) is 0 Å². The number of thiophene rings is 1. The zero-order chi connectivity index (χ0) is 19.1. The Balaban J connectivity index is 1.27. The minimum absolute atomic E-state index is 0.189. The summed E-state index contributed by atoms with van der Waals surface area (Å²) in [6.45, 7) is 3.09. The summed E-state index contributed by atoms with van der Waals surface area (Å²) in [4.78, 5) is 18.6. The van der Waals surface area contributed by atoms with Crippen LogP contribution in [0.3, 0.4) is 0 Å². The minimum Gasteiger partial charge on any atom is -0.368 e. The van der Waals surface area contributed by atoms with E-state index in [1.807, 2.05) is 52.7 Å². The van der Waals surface area contributed by atoms with Gasteiger partial charge in [-0.3, -0.25) is 4.79 Å². The van der Waals surface area contributed by atoms with Gasteiger partial charge in [0.2, 0.25) is 5.91 Å². The van der Waals surface area contributed by atoms with Crippen molar-refractivity contribution in [2.75, 3.05) is 31.1 Å². The van der Waals surface area contributed by atoms with Gasteiger partial charge >= 0.3 is 0 Å². The number of carbonyl (C=O) groups excluding carboxylic acids is 1. The minimum atomic E-state index is -0.485. The van der Waals surface area contributed by atoms with E-state index in [1.54, 1.807) is 11.3 Å². The molecule has 7 heteroatoms. The molecule has 0 radical (unpaired) electrons. The molecule has 1 aromatic carbocycles. The van der Waals surface area contributed by atoms with Crippen LogP contribution in [0.2, 0.25) is 5.02 Å². The van der Waals surface area contributed by atoms with Gasteiger partial charge in [0.1, 0.15) is 0 Å². The number of amides is 1. The molecule has 28 heavy (non-hydrogen) atoms. The smallest absolute Gasteiger partial charge is 0.235 e. The van der Waals surface area contributed by atoms with Crippen LogP contribution < -0.4 is 4.90 Å². The summed E-state index contributed by atoms with van der Waals surface area (Å²) < 4.78 is 5.53. The number of hydrogen-bond acceptors (Lipinski definition) is 5. The van der Waals surface area contributed by atoms with E-state index < -0.39 is 5.41 Å². The van der Waals surface area contributed by atoms with Crippen molar-refractivity contribution >= 4 is 34.5 Å². The molecule has 1 aliphatic carbocycles. The molecule has 1 amide bonds. The molecule has 3 aromatic rings. The van der Waals surface area contributed by atoms with Gasteiger partial charge in [-0.15, -0.1) is 11.3 Å². The van der Waals surface area contributed by atoms with Crippen molar-refractivity contribution in [2.24, 2.45) is 0 Å². The molecule has 1 aliphatic heterocycles. The van der Waals surface area contributed by atoms with Crippen LogP contribution in [0.4, 0.5) is 5.69 Å². The van der Waals surface area contributed by atoms with Crippen LogP contribution in [0.15, 0.2) is 52.4 Å². The molecule has 5 nitrogen and oxygen atoms in total. The van der Waals surface area contributed by atoms with Crippen LogP contribution in [0.5, 0.6) is 0 Å². The topological polar surface area (TPSA) is 49.6 Å². The molecule has 5 rings (SSSR count). The van der Waals surface area contributed by atoms with E-state index in [9.17, 15) is 4.79 Å². The molecule has 1 saturated carbocycles. The van der Waals surface area contributed by atoms with Crippen molar-refractivity contribution in [3.8, 4) is 10.6 Å². The molecule has 3 heterocycles. The van der Waals surface area contributed by atoms with E-state index in [0.29, 0.717) is 0 Å². The lowest BCUT2D eigenvalue weighted by Crippen LogP contribution is -2.51. The summed E-state index contributed by atoms with van der Waals surface area (Å²) in [6.07, 6.45) is 1.69. The van der Waals surface area contributed by atoms with Crippen LogP contribution in [-0.2, 0) is 10.2 Å². The van der Waals surface area contributed by atoms with E-state index in [4.69, 9.17) is 16.1 Å². The highest BCUT2D eigenvalue weighted by Gasteiger charge is 2.55. The highest BCUT2D eigenvalue weighted by molar-refractivity contribution is 7.13. The maximum atomic E-state index is 13.3. The fourth-order valence-electron chi connectivity index (χ4n) is 3.86. The first kappa shape index (κ1) is 17.8. The van der Waals surface area contributed by atoms with Gasteiger partial charge in [0, 0.05) is 43.0 Å². The Labute approximate surface area is 172 Å². The zero-order valence-electron chi connectivity index (χ0n) is 15.3. The Bertz CT molecular complexity index is 972. The Morgan fingerprint density at radius 1 is 1.11 bits per heavy atom. The van der Waals surface area contributed by atoms with Gasteiger partial charge in [0.15, 0.2) is 5.76 Å². The number of nitrogens with zero attached hydrogens (tertiary/aromatic N) is 3. The van der Waals surface area contributed by atoms with Crippen LogP contribution in [0, 0.1) is 0 Å². The van der Waals surface area contributed by atoms with E-state index in [2.05, 4.69) is 10.1 Å². The molecule has 0 unspecified atom stereocenters. The van der Waals surface area contributed by atoms with E-state index >= 15 is 0 Å². The SMILES string of the molecule is O=C(N1CCN(c2ccc(Cl)cc2)CC1)C1(c2cc(-c3cccs3)on2)CC1. The molecule has 0 N–H and O–H groups in total. The molecule has 0 bridgehead atoms. The molecular weight excluding hydrogens is 394 g/mol. The van der Waals surface area contributed by atoms with Crippen LogP contribution in [-0.4, -0.2) is 42.1 Å². The van der Waals surface area contributed by atoms with Crippen molar-refractivity contribution in [1.82, 2.24) is 10.1 Å². The third-order valence-electron chi connectivity index (χ3n) is 5.68. The van der Waals surface area contributed by atoms with Crippen molar-refractivity contribution < 1.29 is 9.32 Å². The molecule has 144 valence electrons. The van der Waals surface area contributed by atoms with E-state index in [0.717, 1.165) is 66.1 Å². The van der Waals surface area contributed by atoms with Gasteiger partial charge in [0.05, 0.1) is 16.0 Å². The second-order valence-electron chi connectivity index (χ2n) is 7.39. The van der Waals surface area contributed by atoms with Crippen molar-refractivity contribution in [1.29, 1.82) is 0 Å². The van der Waals surface area contributed by atoms with Crippen LogP contribution >= 0.6 is 22.9 Å². The molecule has 2 aliphatic rings. The first-order valence-electron chi connectivity index (χ1n) is 9.47. The van der Waals surface area contributed by atoms with Gasteiger partial charge in [-0.1, -0.05) is 22.8 Å². The molecular formula is C21H20ClN3O2S. The number of hydrogen-bond donors (Lipinski definition) is 0. The second kappa shape index (κ2) is 6.94. The molecule has 0 atom stereocenters. The number of anilines is 1. The third-order valence-corrected chi connectivity index (χ3v) is 6.82. The maximum absolute atomic E-state index is 13.3. The summed E-state index contributed by atoms with van der Waals surface area (Å²) >= 11 is 7.59. The second-order valence-corrected chi connectivity index (χ2v) is 8.78. The zero-order valence-corrected chi connectivity index (χ0v) is 16.9. The highest BCUT2D eigenvalue weighted by Crippen LogP contribution is 2.50. The Morgan fingerprint density at radius 2 is 1.86 bits per heavy atom. The fraction of sp³-hybridized carbons (Fsp3) is 0.333. The van der Waals surface area contributed by atoms with E-state index in [-0.39, 0.29) is 5.91 Å². The Kier molecular flexibility index (Phi) is 4.40. The molecule has 2 aromatic heterocycles. The van der Waals surface area contributed by atoms with Crippen molar-refractivity contribution in [3.63, 3.8) is 0 Å². The predicted molar refractivity (Wildman–Crippen MR) is 111 cm³/mol. The van der Waals surface area contributed by atoms with Crippen molar-refractivity contribution in [2.45, 2.75) is 18.3 Å². The van der Waals surface area contributed by atoms with Crippen molar-refractivity contribution in [3.05, 3.63) is 58.6 Å². The summed E-state index contributed by atoms with van der Waals surface area (Å²) in [6, 6.07) is 13.8. The summed E-state index contributed by atoms with van der Waals surface area (Å²) in [5, 5.41) is 7.00. The molecule has 1 saturated heterocycles. The van der Waals surface area contributed by atoms with E-state index in [1.165, 1.54) is 0 Å². The number of benzene rings is 1. The summed E-state index contributed by atoms with van der Waals surface area (Å²) in [5.41, 5.74) is 1.44. The fourth-order valence-corrected chi connectivity index (χ4v) is 4.66. The Morgan fingerprint density at radius 3 is 2.50 bits per heavy atom. The summed E-state index contributed by atoms with van der Waals surface area (Å²) in [5.74, 6) is 0.936. The van der Waals surface area contributed by atoms with Crippen LogP contribution in [0.25, 0.3) is 10.6 Å². The lowest BCUT2D eigenvalue weighted by atomic mass is 9.99. The van der Waals surface area contributed by atoms with Gasteiger partial charge in [-0.25, -0.2) is 0 Å². The molecule has 2 fully saturated rings. The van der Waals surface area contributed by atoms with Gasteiger partial charge in [-0.05, 0) is 48.6 Å². The standard InChI is InChI=1S/C21H20ClN3O2S/c22-15-3-5-16(6-4-15)24-9-11-25(12-10-24)20(26)21(7-8-21)19-14-17(27-23-19)18-2-1-13-28-18/h1-6,13-14H,7-12H2. The van der Waals surface area contributed by atoms with Crippen LogP contribution in [0.1, 0.15) is 18.5 Å². The predicted octanol–water partition coefficient (Wildman–Crippen LogP) is 4.44. The average Bonchev–Trinajstić information content (AvgIpc) is 3.13. The lowest BCUT2D eigenvalue weighted by molar-refractivity contribution is -0.134. The highest BCUT2D eigenvalue weighted by atomic mass is 35.5. The average molecular weight is 414 g/mol. The third kappa shape index (κ3) is 3.10. The molecule has 0 spiro atoms. The number of carbonyl (C=O) groups is 1.